The molecule has 0 aliphatic heterocycles. The van der Waals surface area contributed by atoms with Crippen LogP contribution in [0.25, 0.3) is 0 Å². The third-order valence-electron chi connectivity index (χ3n) is 4.80. The first kappa shape index (κ1) is 19.2. The first-order chi connectivity index (χ1) is 13.9. The largest absolute Gasteiger partial charge is 0.460 e. The molecule has 0 radical (unpaired) electrons. The van der Waals surface area contributed by atoms with Crippen LogP contribution in [-0.2, 0) is 15.6 Å². The topological polar surface area (TPSA) is 102 Å². The van der Waals surface area contributed by atoms with E-state index in [0.717, 1.165) is 12.2 Å². The van der Waals surface area contributed by atoms with Gasteiger partial charge in [-0.25, -0.2) is 13.8 Å². The Morgan fingerprint density at radius 1 is 1.14 bits per heavy atom. The number of benzene rings is 1. The molecule has 3 aromatic rings. The number of furan rings is 2. The van der Waals surface area contributed by atoms with Gasteiger partial charge in [-0.3, -0.25) is 4.79 Å². The second-order valence-corrected chi connectivity index (χ2v) is 9.09. The second-order valence-electron chi connectivity index (χ2n) is 7.10. The van der Waals surface area contributed by atoms with Crippen LogP contribution in [-0.4, -0.2) is 20.5 Å². The molecule has 1 amide bonds. The van der Waals surface area contributed by atoms with E-state index in [2.05, 4.69) is 17.5 Å². The standard InChI is InChI=1S/C21H20N2O5S/c1-14-11-18(14)19-9-7-15(27-19)12-22-23-21(24)20-10-8-16(28-20)13-29(25,26)17-5-3-2-4-6-17/h2-10,12,14,18H,11,13H2,1H3,(H,23,24)/b22-12-/t14-,18+/m1/s1. The Morgan fingerprint density at radius 2 is 1.90 bits per heavy atom. The Kier molecular flexibility index (Phi) is 5.10. The van der Waals surface area contributed by atoms with Gasteiger partial charge >= 0.3 is 5.91 Å². The lowest BCUT2D eigenvalue weighted by Crippen LogP contribution is -2.16. The fourth-order valence-electron chi connectivity index (χ4n) is 3.04. The Hall–Kier alpha value is -3.13. The predicted octanol–water partition coefficient (Wildman–Crippen LogP) is 3.73. The normalized spacial score (nSPS) is 18.8. The maximum Gasteiger partial charge on any atom is 0.307 e. The minimum absolute atomic E-state index is 0.0210. The van der Waals surface area contributed by atoms with Gasteiger partial charge in [-0.15, -0.1) is 0 Å². The molecule has 0 unspecified atom stereocenters. The third-order valence-corrected chi connectivity index (χ3v) is 6.46. The summed E-state index contributed by atoms with van der Waals surface area (Å²) in [6, 6.07) is 14.7. The van der Waals surface area contributed by atoms with E-state index in [9.17, 15) is 13.2 Å². The van der Waals surface area contributed by atoms with Crippen molar-refractivity contribution in [1.82, 2.24) is 5.43 Å². The van der Waals surface area contributed by atoms with E-state index in [1.165, 1.54) is 30.5 Å². The average Bonchev–Trinajstić information content (AvgIpc) is 3.09. The van der Waals surface area contributed by atoms with Gasteiger partial charge < -0.3 is 8.83 Å². The maximum absolute atomic E-state index is 12.4. The number of amides is 1. The molecule has 150 valence electrons. The minimum atomic E-state index is -3.55. The van der Waals surface area contributed by atoms with E-state index in [0.29, 0.717) is 17.6 Å². The third kappa shape index (κ3) is 4.48. The van der Waals surface area contributed by atoms with Gasteiger partial charge in [-0.05, 0) is 48.7 Å². The second kappa shape index (κ2) is 7.71. The zero-order chi connectivity index (χ0) is 20.4. The molecule has 2 heterocycles. The van der Waals surface area contributed by atoms with Gasteiger partial charge in [0.1, 0.15) is 23.0 Å². The molecule has 0 saturated heterocycles. The van der Waals surface area contributed by atoms with Crippen molar-refractivity contribution < 1.29 is 22.0 Å². The van der Waals surface area contributed by atoms with Gasteiger partial charge in [0.15, 0.2) is 15.6 Å². The van der Waals surface area contributed by atoms with Crippen LogP contribution in [0.2, 0.25) is 0 Å². The number of carbonyl (C=O) groups excluding carboxylic acids is 1. The van der Waals surface area contributed by atoms with Crippen molar-refractivity contribution >= 4 is 22.0 Å². The maximum atomic E-state index is 12.4. The van der Waals surface area contributed by atoms with Gasteiger partial charge in [0.05, 0.1) is 11.1 Å². The van der Waals surface area contributed by atoms with Crippen molar-refractivity contribution in [3.63, 3.8) is 0 Å². The lowest BCUT2D eigenvalue weighted by Gasteiger charge is -2.02. The highest BCUT2D eigenvalue weighted by molar-refractivity contribution is 7.90. The summed E-state index contributed by atoms with van der Waals surface area (Å²) in [5.41, 5.74) is 2.35. The molecule has 8 heteroatoms. The first-order valence-corrected chi connectivity index (χ1v) is 10.9. The number of sulfone groups is 1. The van der Waals surface area contributed by atoms with Crippen LogP contribution in [0.4, 0.5) is 0 Å². The summed E-state index contributed by atoms with van der Waals surface area (Å²) in [5, 5.41) is 3.86. The molecule has 1 aliphatic rings. The summed E-state index contributed by atoms with van der Waals surface area (Å²) in [6.45, 7) is 2.17. The number of hydrogen-bond donors (Lipinski definition) is 1. The molecule has 2 aromatic heterocycles. The van der Waals surface area contributed by atoms with Gasteiger partial charge in [-0.1, -0.05) is 25.1 Å². The van der Waals surface area contributed by atoms with Crippen molar-refractivity contribution in [1.29, 1.82) is 0 Å². The lowest BCUT2D eigenvalue weighted by molar-refractivity contribution is 0.0926. The van der Waals surface area contributed by atoms with Gasteiger partial charge in [0.25, 0.3) is 0 Å². The minimum Gasteiger partial charge on any atom is -0.460 e. The Morgan fingerprint density at radius 3 is 2.62 bits per heavy atom. The van der Waals surface area contributed by atoms with Crippen molar-refractivity contribution in [2.45, 2.75) is 29.9 Å². The molecule has 7 nitrogen and oxygen atoms in total. The Balaban J connectivity index is 1.35. The molecular formula is C21H20N2O5S. The van der Waals surface area contributed by atoms with Crippen LogP contribution < -0.4 is 5.43 Å². The molecule has 1 N–H and O–H groups in total. The van der Waals surface area contributed by atoms with Crippen LogP contribution in [0.15, 0.2) is 73.4 Å². The number of carbonyl (C=O) groups is 1. The molecule has 1 aliphatic carbocycles. The number of rotatable bonds is 7. The van der Waals surface area contributed by atoms with E-state index in [-0.39, 0.29) is 22.2 Å². The fourth-order valence-corrected chi connectivity index (χ4v) is 4.31. The Bertz CT molecular complexity index is 1140. The van der Waals surface area contributed by atoms with Crippen molar-refractivity contribution in [2.75, 3.05) is 0 Å². The van der Waals surface area contributed by atoms with E-state index in [1.807, 2.05) is 6.07 Å². The van der Waals surface area contributed by atoms with Crippen LogP contribution in [0.3, 0.4) is 0 Å². The van der Waals surface area contributed by atoms with Crippen LogP contribution in [0.5, 0.6) is 0 Å². The average molecular weight is 412 g/mol. The molecule has 2 atom stereocenters. The fraction of sp³-hybridized carbons (Fsp3) is 0.238. The highest BCUT2D eigenvalue weighted by Crippen LogP contribution is 2.47. The number of hydrogen-bond acceptors (Lipinski definition) is 6. The monoisotopic (exact) mass is 412 g/mol. The summed E-state index contributed by atoms with van der Waals surface area (Å²) < 4.78 is 35.8. The summed E-state index contributed by atoms with van der Waals surface area (Å²) in [5.74, 6) is 1.85. The van der Waals surface area contributed by atoms with Crippen LogP contribution in [0.1, 0.15) is 47.1 Å². The molecule has 29 heavy (non-hydrogen) atoms. The quantitative estimate of drug-likeness (QED) is 0.471. The molecule has 1 saturated carbocycles. The zero-order valence-electron chi connectivity index (χ0n) is 15.7. The number of nitrogens with zero attached hydrogens (tertiary/aromatic N) is 1. The Labute approximate surface area is 168 Å². The number of hydrazone groups is 1. The van der Waals surface area contributed by atoms with Gasteiger partial charge in [0, 0.05) is 5.92 Å². The molecule has 1 fully saturated rings. The zero-order valence-corrected chi connectivity index (χ0v) is 16.6. The summed E-state index contributed by atoms with van der Waals surface area (Å²) in [7, 11) is -3.55. The highest BCUT2D eigenvalue weighted by Gasteiger charge is 2.36. The van der Waals surface area contributed by atoms with E-state index < -0.39 is 15.7 Å². The van der Waals surface area contributed by atoms with E-state index in [4.69, 9.17) is 8.83 Å². The van der Waals surface area contributed by atoms with Gasteiger partial charge in [-0.2, -0.15) is 5.10 Å². The van der Waals surface area contributed by atoms with E-state index in [1.54, 1.807) is 24.3 Å². The predicted molar refractivity (Wildman–Crippen MR) is 106 cm³/mol. The van der Waals surface area contributed by atoms with E-state index >= 15 is 0 Å². The lowest BCUT2D eigenvalue weighted by atomic mass is 10.3. The van der Waals surface area contributed by atoms with Crippen molar-refractivity contribution in [2.24, 2.45) is 11.0 Å². The van der Waals surface area contributed by atoms with Crippen LogP contribution >= 0.6 is 0 Å². The van der Waals surface area contributed by atoms with Gasteiger partial charge in [0.2, 0.25) is 0 Å². The summed E-state index contributed by atoms with van der Waals surface area (Å²) in [4.78, 5) is 12.4. The SMILES string of the molecule is C[C@@H]1C[C@@H]1c1ccc(/C=N\NC(=O)c2ccc(CS(=O)(=O)c3ccccc3)o2)o1. The molecule has 0 spiro atoms. The summed E-state index contributed by atoms with van der Waals surface area (Å²) in [6.07, 6.45) is 2.54. The molecule has 4 rings (SSSR count). The molecular weight excluding hydrogens is 392 g/mol. The first-order valence-electron chi connectivity index (χ1n) is 9.22. The number of nitrogens with one attached hydrogen (secondary N) is 1. The van der Waals surface area contributed by atoms with Crippen molar-refractivity contribution in [3.8, 4) is 0 Å². The van der Waals surface area contributed by atoms with Crippen LogP contribution in [0, 0.1) is 5.92 Å². The smallest absolute Gasteiger partial charge is 0.307 e. The van der Waals surface area contributed by atoms with Crippen molar-refractivity contribution in [3.05, 3.63) is 77.6 Å². The molecule has 1 aromatic carbocycles. The highest BCUT2D eigenvalue weighted by atomic mass is 32.2. The summed E-state index contributed by atoms with van der Waals surface area (Å²) >= 11 is 0. The molecule has 0 bridgehead atoms.